The highest BCUT2D eigenvalue weighted by Gasteiger charge is 2.48. The van der Waals surface area contributed by atoms with Gasteiger partial charge in [-0.25, -0.2) is 4.79 Å². The molecule has 0 aliphatic heterocycles. The third kappa shape index (κ3) is 4.97. The maximum atomic E-state index is 12.4. The predicted molar refractivity (Wildman–Crippen MR) is 106 cm³/mol. The number of ether oxygens (including phenoxy) is 1. The first-order chi connectivity index (χ1) is 13.6. The van der Waals surface area contributed by atoms with Crippen LogP contribution >= 0.6 is 0 Å². The minimum Gasteiger partial charge on any atom is -0.465 e. The van der Waals surface area contributed by atoms with Gasteiger partial charge >= 0.3 is 5.97 Å². The van der Waals surface area contributed by atoms with Gasteiger partial charge in [-0.15, -0.1) is 0 Å². The normalized spacial score (nSPS) is 17.5. The lowest BCUT2D eigenvalue weighted by Gasteiger charge is -2.09. The molecule has 2 atom stereocenters. The zero-order valence-corrected chi connectivity index (χ0v) is 15.8. The van der Waals surface area contributed by atoms with Crippen molar-refractivity contribution < 1.29 is 19.1 Å². The molecule has 0 spiro atoms. The molecule has 1 saturated carbocycles. The quantitative estimate of drug-likeness (QED) is 0.545. The van der Waals surface area contributed by atoms with E-state index in [0.717, 1.165) is 12.8 Å². The smallest absolute Gasteiger partial charge is 0.339 e. The summed E-state index contributed by atoms with van der Waals surface area (Å²) in [6, 6.07) is 16.8. The summed E-state index contributed by atoms with van der Waals surface area (Å²) in [4.78, 5) is 36.5. The fourth-order valence-electron chi connectivity index (χ4n) is 3.16. The first kappa shape index (κ1) is 19.6. The standard InChI is InChI=1S/C22H24N2O4/c1-28-22(27)16-11-5-6-12-19(16)24-21(26)18-14-17(18)20(25)23-13-7-10-15-8-3-2-4-9-15/h2-6,8-9,11-12,17-18H,7,10,13-14H2,1H3,(H,23,25)(H,24,26). The second-order valence-corrected chi connectivity index (χ2v) is 6.86. The predicted octanol–water partition coefficient (Wildman–Crippen LogP) is 2.80. The van der Waals surface area contributed by atoms with E-state index in [2.05, 4.69) is 22.8 Å². The van der Waals surface area contributed by atoms with E-state index in [-0.39, 0.29) is 23.7 Å². The van der Waals surface area contributed by atoms with E-state index in [0.29, 0.717) is 24.2 Å². The molecule has 1 aliphatic carbocycles. The number of hydrogen-bond donors (Lipinski definition) is 2. The number of para-hydroxylation sites is 1. The van der Waals surface area contributed by atoms with Gasteiger partial charge in [0.2, 0.25) is 11.8 Å². The van der Waals surface area contributed by atoms with Gasteiger partial charge in [0, 0.05) is 6.54 Å². The molecule has 0 radical (unpaired) electrons. The summed E-state index contributed by atoms with van der Waals surface area (Å²) in [5, 5.41) is 5.65. The summed E-state index contributed by atoms with van der Waals surface area (Å²) in [7, 11) is 1.29. The Morgan fingerprint density at radius 1 is 0.964 bits per heavy atom. The maximum Gasteiger partial charge on any atom is 0.339 e. The van der Waals surface area contributed by atoms with Crippen molar-refractivity contribution in [2.75, 3.05) is 19.0 Å². The van der Waals surface area contributed by atoms with Crippen molar-refractivity contribution in [1.82, 2.24) is 5.32 Å². The maximum absolute atomic E-state index is 12.4. The van der Waals surface area contributed by atoms with Crippen molar-refractivity contribution in [1.29, 1.82) is 0 Å². The minimum atomic E-state index is -0.514. The van der Waals surface area contributed by atoms with E-state index in [1.54, 1.807) is 24.3 Å². The van der Waals surface area contributed by atoms with Gasteiger partial charge in [0.1, 0.15) is 0 Å². The minimum absolute atomic E-state index is 0.0885. The lowest BCUT2D eigenvalue weighted by molar-refractivity contribution is -0.125. The monoisotopic (exact) mass is 380 g/mol. The van der Waals surface area contributed by atoms with Crippen LogP contribution in [-0.4, -0.2) is 31.4 Å². The molecule has 0 saturated heterocycles. The van der Waals surface area contributed by atoms with Crippen LogP contribution in [0.5, 0.6) is 0 Å². The van der Waals surface area contributed by atoms with Gasteiger partial charge in [0.05, 0.1) is 30.2 Å². The molecule has 28 heavy (non-hydrogen) atoms. The zero-order valence-electron chi connectivity index (χ0n) is 15.8. The van der Waals surface area contributed by atoms with Gasteiger partial charge in [-0.2, -0.15) is 0 Å². The molecule has 6 heteroatoms. The van der Waals surface area contributed by atoms with E-state index in [1.807, 2.05) is 18.2 Å². The summed E-state index contributed by atoms with van der Waals surface area (Å²) >= 11 is 0. The first-order valence-electron chi connectivity index (χ1n) is 9.40. The average Bonchev–Trinajstić information content (AvgIpc) is 3.53. The van der Waals surface area contributed by atoms with Crippen LogP contribution in [0.15, 0.2) is 54.6 Å². The van der Waals surface area contributed by atoms with Crippen LogP contribution in [0, 0.1) is 11.8 Å². The highest BCUT2D eigenvalue weighted by Crippen LogP contribution is 2.39. The van der Waals surface area contributed by atoms with Crippen molar-refractivity contribution in [3.63, 3.8) is 0 Å². The fraction of sp³-hybridized carbons (Fsp3) is 0.318. The summed E-state index contributed by atoms with van der Waals surface area (Å²) in [5.41, 5.74) is 1.93. The molecule has 2 aromatic rings. The van der Waals surface area contributed by atoms with Crippen LogP contribution in [0.25, 0.3) is 0 Å². The Balaban J connectivity index is 1.44. The molecule has 0 aromatic heterocycles. The van der Waals surface area contributed by atoms with Crippen molar-refractivity contribution >= 4 is 23.5 Å². The van der Waals surface area contributed by atoms with Crippen LogP contribution in [0.2, 0.25) is 0 Å². The summed E-state index contributed by atoms with van der Waals surface area (Å²) in [6.45, 7) is 0.587. The number of amides is 2. The number of carbonyl (C=O) groups is 3. The molecule has 2 amide bonds. The number of aryl methyl sites for hydroxylation is 1. The van der Waals surface area contributed by atoms with E-state index in [1.165, 1.54) is 12.7 Å². The van der Waals surface area contributed by atoms with E-state index >= 15 is 0 Å². The highest BCUT2D eigenvalue weighted by atomic mass is 16.5. The van der Waals surface area contributed by atoms with Crippen LogP contribution in [-0.2, 0) is 20.7 Å². The summed E-state index contributed by atoms with van der Waals surface area (Å²) < 4.78 is 4.73. The van der Waals surface area contributed by atoms with Crippen LogP contribution in [0.3, 0.4) is 0 Å². The largest absolute Gasteiger partial charge is 0.465 e. The molecule has 0 heterocycles. The number of rotatable bonds is 8. The van der Waals surface area contributed by atoms with Crippen LogP contribution in [0.1, 0.15) is 28.8 Å². The molecular formula is C22H24N2O4. The van der Waals surface area contributed by atoms with Gasteiger partial charge in [-0.1, -0.05) is 42.5 Å². The Morgan fingerprint density at radius 3 is 2.39 bits per heavy atom. The lowest BCUT2D eigenvalue weighted by Crippen LogP contribution is -2.28. The molecule has 2 unspecified atom stereocenters. The number of carbonyl (C=O) groups excluding carboxylic acids is 3. The molecule has 1 aliphatic rings. The molecule has 0 bridgehead atoms. The summed E-state index contributed by atoms with van der Waals surface area (Å²) in [5.74, 6) is -1.52. The Hall–Kier alpha value is -3.15. The zero-order chi connectivity index (χ0) is 19.9. The average molecular weight is 380 g/mol. The molecule has 1 fully saturated rings. The fourth-order valence-corrected chi connectivity index (χ4v) is 3.16. The van der Waals surface area contributed by atoms with Gasteiger partial charge in [-0.05, 0) is 37.0 Å². The number of methoxy groups -OCH3 is 1. The van der Waals surface area contributed by atoms with Crippen molar-refractivity contribution in [3.8, 4) is 0 Å². The Labute approximate surface area is 164 Å². The van der Waals surface area contributed by atoms with Gasteiger partial charge < -0.3 is 15.4 Å². The number of nitrogens with one attached hydrogen (secondary N) is 2. The third-order valence-electron chi connectivity index (χ3n) is 4.84. The van der Waals surface area contributed by atoms with Crippen LogP contribution in [0.4, 0.5) is 5.69 Å². The SMILES string of the molecule is COC(=O)c1ccccc1NC(=O)C1CC1C(=O)NCCCc1ccccc1. The Bertz CT molecular complexity index is 851. The van der Waals surface area contributed by atoms with Crippen molar-refractivity contribution in [2.45, 2.75) is 19.3 Å². The number of hydrogen-bond acceptors (Lipinski definition) is 4. The summed E-state index contributed by atoms with van der Waals surface area (Å²) in [6.07, 6.45) is 2.28. The number of benzene rings is 2. The Morgan fingerprint density at radius 2 is 1.64 bits per heavy atom. The number of anilines is 1. The van der Waals surface area contributed by atoms with Gasteiger partial charge in [-0.3, -0.25) is 9.59 Å². The molecule has 146 valence electrons. The van der Waals surface area contributed by atoms with E-state index in [4.69, 9.17) is 4.74 Å². The molecule has 2 aromatic carbocycles. The van der Waals surface area contributed by atoms with Crippen molar-refractivity contribution in [2.24, 2.45) is 11.8 Å². The topological polar surface area (TPSA) is 84.5 Å². The lowest BCUT2D eigenvalue weighted by atomic mass is 10.1. The second kappa shape index (κ2) is 9.17. The molecule has 3 rings (SSSR count). The second-order valence-electron chi connectivity index (χ2n) is 6.86. The molecule has 2 N–H and O–H groups in total. The molecular weight excluding hydrogens is 356 g/mol. The number of esters is 1. The van der Waals surface area contributed by atoms with Gasteiger partial charge in [0.15, 0.2) is 0 Å². The Kier molecular flexibility index (Phi) is 6.42. The van der Waals surface area contributed by atoms with Gasteiger partial charge in [0.25, 0.3) is 0 Å². The first-order valence-corrected chi connectivity index (χ1v) is 9.40. The van der Waals surface area contributed by atoms with Crippen LogP contribution < -0.4 is 10.6 Å². The van der Waals surface area contributed by atoms with E-state index in [9.17, 15) is 14.4 Å². The van der Waals surface area contributed by atoms with E-state index < -0.39 is 5.97 Å². The molecule has 6 nitrogen and oxygen atoms in total. The van der Waals surface area contributed by atoms with Crippen molar-refractivity contribution in [3.05, 3.63) is 65.7 Å². The third-order valence-corrected chi connectivity index (χ3v) is 4.84. The highest BCUT2D eigenvalue weighted by molar-refractivity contribution is 6.04.